The minimum atomic E-state index is -1.03. The standard InChI is InChI=1S/C25H25F2N3O2/c1-17-14-21(18(2)30(17)20-6-4-3-5-7-20)24(31)16-28-10-12-29(13-11-28)25(32)19-8-9-22(26)23(27)15-19/h3-9,14-15H,10-13,16H2,1-2H3. The van der Waals surface area contributed by atoms with Crippen molar-refractivity contribution in [1.82, 2.24) is 14.4 Å². The molecule has 1 aliphatic heterocycles. The Morgan fingerprint density at radius 1 is 0.875 bits per heavy atom. The lowest BCUT2D eigenvalue weighted by Crippen LogP contribution is -2.50. The smallest absolute Gasteiger partial charge is 0.254 e. The number of benzene rings is 2. The van der Waals surface area contributed by atoms with Gasteiger partial charge < -0.3 is 9.47 Å². The average molecular weight is 437 g/mol. The van der Waals surface area contributed by atoms with Crippen molar-refractivity contribution < 1.29 is 18.4 Å². The van der Waals surface area contributed by atoms with Crippen LogP contribution in [0.15, 0.2) is 54.6 Å². The fourth-order valence-electron chi connectivity index (χ4n) is 4.23. The van der Waals surface area contributed by atoms with Crippen molar-refractivity contribution in [2.24, 2.45) is 0 Å². The minimum absolute atomic E-state index is 0.0423. The first-order valence-electron chi connectivity index (χ1n) is 10.6. The van der Waals surface area contributed by atoms with Crippen molar-refractivity contribution >= 4 is 11.7 Å². The molecule has 1 aliphatic rings. The summed E-state index contributed by atoms with van der Waals surface area (Å²) in [7, 11) is 0. The van der Waals surface area contributed by atoms with Gasteiger partial charge in [0.2, 0.25) is 0 Å². The summed E-state index contributed by atoms with van der Waals surface area (Å²) in [6, 6.07) is 15.0. The predicted molar refractivity (Wildman–Crippen MR) is 118 cm³/mol. The van der Waals surface area contributed by atoms with Gasteiger partial charge in [-0.2, -0.15) is 0 Å². The summed E-state index contributed by atoms with van der Waals surface area (Å²) in [5.74, 6) is -2.30. The van der Waals surface area contributed by atoms with Gasteiger partial charge in [0, 0.05) is 54.4 Å². The number of ketones is 1. The van der Waals surface area contributed by atoms with E-state index in [9.17, 15) is 18.4 Å². The molecule has 1 aromatic heterocycles. The Labute approximate surface area is 185 Å². The van der Waals surface area contributed by atoms with Crippen LogP contribution in [0, 0.1) is 25.5 Å². The maximum atomic E-state index is 13.5. The lowest BCUT2D eigenvalue weighted by atomic mass is 10.1. The number of amides is 1. The number of carbonyl (C=O) groups is 2. The van der Waals surface area contributed by atoms with Gasteiger partial charge in [0.15, 0.2) is 17.4 Å². The van der Waals surface area contributed by atoms with Crippen LogP contribution in [0.5, 0.6) is 0 Å². The molecule has 1 saturated heterocycles. The molecule has 1 amide bonds. The quantitative estimate of drug-likeness (QED) is 0.567. The molecule has 166 valence electrons. The van der Waals surface area contributed by atoms with E-state index in [1.54, 1.807) is 4.90 Å². The van der Waals surface area contributed by atoms with E-state index < -0.39 is 11.6 Å². The predicted octanol–water partition coefficient (Wildman–Crippen LogP) is 4.01. The summed E-state index contributed by atoms with van der Waals surface area (Å²) in [5.41, 5.74) is 3.75. The van der Waals surface area contributed by atoms with Crippen LogP contribution in [0.25, 0.3) is 5.69 Å². The molecule has 0 radical (unpaired) electrons. The van der Waals surface area contributed by atoms with Crippen LogP contribution in [0.2, 0.25) is 0 Å². The van der Waals surface area contributed by atoms with Crippen LogP contribution in [0.1, 0.15) is 32.1 Å². The summed E-state index contributed by atoms with van der Waals surface area (Å²) < 4.78 is 28.7. The van der Waals surface area contributed by atoms with Crippen molar-refractivity contribution in [3.8, 4) is 5.69 Å². The molecule has 3 aromatic rings. The lowest BCUT2D eigenvalue weighted by molar-refractivity contribution is 0.0624. The molecule has 2 heterocycles. The number of para-hydroxylation sites is 1. The van der Waals surface area contributed by atoms with Gasteiger partial charge >= 0.3 is 0 Å². The van der Waals surface area contributed by atoms with Crippen LogP contribution in [-0.2, 0) is 0 Å². The summed E-state index contributed by atoms with van der Waals surface area (Å²) in [6.45, 7) is 6.14. The van der Waals surface area contributed by atoms with Gasteiger partial charge in [0.25, 0.3) is 5.91 Å². The Balaban J connectivity index is 1.39. The van der Waals surface area contributed by atoms with Crippen molar-refractivity contribution in [1.29, 1.82) is 0 Å². The topological polar surface area (TPSA) is 45.6 Å². The molecule has 4 rings (SSSR count). The highest BCUT2D eigenvalue weighted by molar-refractivity contribution is 5.99. The molecule has 2 aromatic carbocycles. The third kappa shape index (κ3) is 4.34. The summed E-state index contributed by atoms with van der Waals surface area (Å²) in [6.07, 6.45) is 0. The SMILES string of the molecule is Cc1cc(C(=O)CN2CCN(C(=O)c3ccc(F)c(F)c3)CC2)c(C)n1-c1ccccc1. The Morgan fingerprint density at radius 2 is 1.56 bits per heavy atom. The number of piperazine rings is 1. The van der Waals surface area contributed by atoms with Crippen LogP contribution in [-0.4, -0.2) is 58.8 Å². The van der Waals surface area contributed by atoms with Crippen LogP contribution < -0.4 is 0 Å². The van der Waals surface area contributed by atoms with Gasteiger partial charge in [-0.25, -0.2) is 8.78 Å². The largest absolute Gasteiger partial charge is 0.336 e. The molecule has 5 nitrogen and oxygen atoms in total. The molecule has 1 fully saturated rings. The Morgan fingerprint density at radius 3 is 2.22 bits per heavy atom. The highest BCUT2D eigenvalue weighted by Gasteiger charge is 2.25. The molecule has 0 spiro atoms. The number of halogens is 2. The molecule has 0 atom stereocenters. The number of nitrogens with zero attached hydrogens (tertiary/aromatic N) is 3. The highest BCUT2D eigenvalue weighted by Crippen LogP contribution is 2.22. The highest BCUT2D eigenvalue weighted by atomic mass is 19.2. The van der Waals surface area contributed by atoms with E-state index in [0.29, 0.717) is 31.7 Å². The molecule has 0 N–H and O–H groups in total. The lowest BCUT2D eigenvalue weighted by Gasteiger charge is -2.34. The van der Waals surface area contributed by atoms with E-state index in [0.717, 1.165) is 29.2 Å². The monoisotopic (exact) mass is 437 g/mol. The molecule has 0 saturated carbocycles. The second-order valence-electron chi connectivity index (χ2n) is 8.08. The van der Waals surface area contributed by atoms with Crippen molar-refractivity contribution in [2.45, 2.75) is 13.8 Å². The Bertz CT molecular complexity index is 1150. The summed E-state index contributed by atoms with van der Waals surface area (Å²) >= 11 is 0. The normalized spacial score (nSPS) is 14.6. The molecule has 7 heteroatoms. The van der Waals surface area contributed by atoms with E-state index >= 15 is 0 Å². The molecule has 0 unspecified atom stereocenters. The average Bonchev–Trinajstić information content (AvgIpc) is 3.10. The first-order chi connectivity index (χ1) is 15.3. The first-order valence-corrected chi connectivity index (χ1v) is 10.6. The Kier molecular flexibility index (Phi) is 6.19. The fraction of sp³-hybridized carbons (Fsp3) is 0.280. The Hall–Kier alpha value is -3.32. The molecular formula is C25H25F2N3O2. The second-order valence-corrected chi connectivity index (χ2v) is 8.08. The van der Waals surface area contributed by atoms with Gasteiger partial charge in [0.05, 0.1) is 6.54 Å². The van der Waals surface area contributed by atoms with Crippen molar-refractivity contribution in [2.75, 3.05) is 32.7 Å². The first kappa shape index (κ1) is 21.9. The maximum absolute atomic E-state index is 13.5. The molecular weight excluding hydrogens is 412 g/mol. The minimum Gasteiger partial charge on any atom is -0.336 e. The van der Waals surface area contributed by atoms with Crippen molar-refractivity contribution in [3.05, 3.63) is 88.7 Å². The summed E-state index contributed by atoms with van der Waals surface area (Å²) in [5, 5.41) is 0. The number of Topliss-reactive ketones (excluding diaryl/α,β-unsaturated/α-hetero) is 1. The molecule has 0 aliphatic carbocycles. The molecule has 32 heavy (non-hydrogen) atoms. The van der Waals surface area contributed by atoms with Crippen LogP contribution in [0.4, 0.5) is 8.78 Å². The number of carbonyl (C=O) groups excluding carboxylic acids is 2. The number of aryl methyl sites for hydroxylation is 1. The van der Waals surface area contributed by atoms with E-state index in [4.69, 9.17) is 0 Å². The number of rotatable bonds is 5. The maximum Gasteiger partial charge on any atom is 0.254 e. The van der Waals surface area contributed by atoms with Gasteiger partial charge in [-0.1, -0.05) is 18.2 Å². The third-order valence-electron chi connectivity index (χ3n) is 5.94. The zero-order valence-electron chi connectivity index (χ0n) is 18.1. The van der Waals surface area contributed by atoms with Gasteiger partial charge in [-0.3, -0.25) is 14.5 Å². The molecule has 0 bridgehead atoms. The van der Waals surface area contributed by atoms with Crippen molar-refractivity contribution in [3.63, 3.8) is 0 Å². The fourth-order valence-corrected chi connectivity index (χ4v) is 4.23. The zero-order valence-corrected chi connectivity index (χ0v) is 18.1. The van der Waals surface area contributed by atoms with Crippen LogP contribution in [0.3, 0.4) is 0 Å². The van der Waals surface area contributed by atoms with E-state index in [1.807, 2.05) is 55.1 Å². The third-order valence-corrected chi connectivity index (χ3v) is 5.94. The number of hydrogen-bond donors (Lipinski definition) is 0. The van der Waals surface area contributed by atoms with Gasteiger partial charge in [0.1, 0.15) is 0 Å². The van der Waals surface area contributed by atoms with Crippen LogP contribution >= 0.6 is 0 Å². The van der Waals surface area contributed by atoms with E-state index in [2.05, 4.69) is 4.57 Å². The number of hydrogen-bond acceptors (Lipinski definition) is 3. The summed E-state index contributed by atoms with van der Waals surface area (Å²) in [4.78, 5) is 29.2. The van der Waals surface area contributed by atoms with Gasteiger partial charge in [-0.15, -0.1) is 0 Å². The van der Waals surface area contributed by atoms with E-state index in [-0.39, 0.29) is 23.8 Å². The van der Waals surface area contributed by atoms with E-state index in [1.165, 1.54) is 6.07 Å². The number of aromatic nitrogens is 1. The zero-order chi connectivity index (χ0) is 22.8. The second kappa shape index (κ2) is 9.04. The van der Waals surface area contributed by atoms with Gasteiger partial charge in [-0.05, 0) is 50.2 Å².